The minimum absolute atomic E-state index is 0. The van der Waals surface area contributed by atoms with E-state index < -0.39 is 78.0 Å². The first kappa shape index (κ1) is 31.8. The van der Waals surface area contributed by atoms with E-state index in [0.29, 0.717) is 4.57 Å². The molecule has 1 aromatic rings. The van der Waals surface area contributed by atoms with Gasteiger partial charge in [-0.15, -0.1) is 0 Å². The van der Waals surface area contributed by atoms with Crippen LogP contribution in [-0.4, -0.2) is 64.3 Å². The summed E-state index contributed by atoms with van der Waals surface area (Å²) in [5, 5.41) is 27.4. The van der Waals surface area contributed by atoms with Crippen LogP contribution in [0.25, 0.3) is 0 Å². The highest BCUT2D eigenvalue weighted by atomic mass is 31.3. The van der Waals surface area contributed by atoms with Crippen LogP contribution in [-0.2, 0) is 31.6 Å². The van der Waals surface area contributed by atoms with Crippen molar-refractivity contribution in [2.75, 3.05) is 6.61 Å². The van der Waals surface area contributed by atoms with Gasteiger partial charge in [0.15, 0.2) is 6.23 Å². The highest BCUT2D eigenvalue weighted by Gasteiger charge is 2.46. The van der Waals surface area contributed by atoms with Gasteiger partial charge in [-0.3, -0.25) is 19.5 Å². The number of aromatic nitrogens is 2. The number of aliphatic hydroxyl groups is 2. The van der Waals surface area contributed by atoms with Crippen LogP contribution in [0.2, 0.25) is 0 Å². The second kappa shape index (κ2) is 13.0. The molecule has 0 saturated carbocycles. The molecule has 0 spiro atoms. The molecule has 0 aliphatic carbocycles. The molecule has 20 N–H and O–H groups in total. The lowest BCUT2D eigenvalue weighted by Gasteiger charge is -2.19. The number of H-pyrrole nitrogens is 1. The monoisotopic (exact) mass is 553 g/mol. The van der Waals surface area contributed by atoms with Gasteiger partial charge in [0.05, 0.1) is 9.35 Å². The predicted octanol–water partition coefficient (Wildman–Crippen LogP) is -1.73. The summed E-state index contributed by atoms with van der Waals surface area (Å²) in [5.41, 5.74) is -1.86. The molecule has 1 aromatic heterocycles. The van der Waals surface area contributed by atoms with Gasteiger partial charge in [-0.25, -0.2) is 18.5 Å². The van der Waals surface area contributed by atoms with E-state index in [-0.39, 0.29) is 24.6 Å². The van der Waals surface area contributed by atoms with Crippen LogP contribution in [0.4, 0.5) is 0 Å². The molecule has 6 atom stereocenters. The van der Waals surface area contributed by atoms with E-state index in [0.717, 1.165) is 0 Å². The first-order valence-electron chi connectivity index (χ1n) is 8.10. The molecule has 0 bridgehead atoms. The van der Waals surface area contributed by atoms with Crippen LogP contribution in [0, 0.1) is 5.41 Å². The highest BCUT2D eigenvalue weighted by molar-refractivity contribution is 7.66. The number of aliphatic hydroxyl groups excluding tert-OH is 2. The van der Waals surface area contributed by atoms with Crippen LogP contribution >= 0.6 is 23.5 Å². The van der Waals surface area contributed by atoms with Crippen molar-refractivity contribution in [2.45, 2.75) is 24.5 Å². The number of phosphoric ester groups is 1. The fourth-order valence-corrected chi connectivity index (χ4v) is 5.13. The Kier molecular flexibility index (Phi) is 12.6. The van der Waals surface area contributed by atoms with Gasteiger partial charge >= 0.3 is 29.2 Å². The topological polar surface area (TPSA) is 411 Å². The highest BCUT2D eigenvalue weighted by Crippen LogP contribution is 2.66. The number of aromatic amines is 1. The van der Waals surface area contributed by atoms with Crippen molar-refractivity contribution >= 4 is 23.5 Å². The second-order valence-electron chi connectivity index (χ2n) is 5.34. The van der Waals surface area contributed by atoms with Crippen LogP contribution in [0.15, 0.2) is 17.0 Å². The zero-order chi connectivity index (χ0) is 23.9. The summed E-state index contributed by atoms with van der Waals surface area (Å²) in [6.45, 7) is -1.13. The molecule has 198 valence electrons. The van der Waals surface area contributed by atoms with E-state index in [1.807, 2.05) is 4.98 Å². The van der Waals surface area contributed by atoms with E-state index in [2.05, 4.69) is 13.1 Å². The van der Waals surface area contributed by atoms with Gasteiger partial charge in [-0.1, -0.05) is 0 Å². The van der Waals surface area contributed by atoms with Crippen LogP contribution in [0.5, 0.6) is 0 Å². The van der Waals surface area contributed by atoms with Crippen LogP contribution < -0.4 is 35.8 Å². The SMILES string of the molecule is N.N.N.N.[2H]c1c([2H])n([C@@H]2O[C@H](COP(=O)(O)OP(=O)(O)OP(=O)(O)O)[C@@H](O)[C@H]2O)c(=O)[nH]c1=N. The predicted molar refractivity (Wildman–Crippen MR) is 107 cm³/mol. The number of ether oxygens (including phenoxy) is 1. The summed E-state index contributed by atoms with van der Waals surface area (Å²) in [6, 6.07) is -0.749. The number of hydrogen-bond acceptors (Lipinski definition) is 15. The summed E-state index contributed by atoms with van der Waals surface area (Å²) in [5.74, 6) is 0. The number of nitrogens with one attached hydrogen (secondary N) is 2. The molecule has 0 aromatic carbocycles. The maximum absolute atomic E-state index is 12.0. The fraction of sp³-hybridized carbons (Fsp3) is 0.556. The molecule has 0 amide bonds. The third-order valence-corrected chi connectivity index (χ3v) is 6.96. The quantitative estimate of drug-likeness (QED) is 0.159. The number of hydrogen-bond donors (Lipinski definition) is 12. The lowest BCUT2D eigenvalue weighted by atomic mass is 10.1. The van der Waals surface area contributed by atoms with E-state index in [9.17, 15) is 33.6 Å². The molecule has 1 aliphatic rings. The molecule has 2 heterocycles. The van der Waals surface area contributed by atoms with Crippen LogP contribution in [0.3, 0.4) is 0 Å². The Labute approximate surface area is 187 Å². The van der Waals surface area contributed by atoms with Gasteiger partial charge in [-0.2, -0.15) is 8.62 Å². The maximum atomic E-state index is 12.0. The standard InChI is InChI=1S/C9H16N3O14P3.4H3N/c10-5-1-2-12(9(15)11-5)8-7(14)6(13)4(24-8)3-23-28(19,20)26-29(21,22)25-27(16,17)18;;;;/h1-2,4,6-8,13-14H,3H2,(H,19,20)(H,21,22)(H2,10,11,15)(H2,16,17,18);4*1H3/t4-,6-,7-,8-;;;;/m1..../s1/i1D,2D;;;;. The molecule has 21 nitrogen and oxygen atoms in total. The number of phosphoric acid groups is 3. The molecule has 24 heteroatoms. The summed E-state index contributed by atoms with van der Waals surface area (Å²) >= 11 is 0. The molecule has 1 fully saturated rings. The van der Waals surface area contributed by atoms with Gasteiger partial charge in [0.1, 0.15) is 23.8 Å². The summed E-state index contributed by atoms with van der Waals surface area (Å²) < 4.78 is 65.6. The fourth-order valence-electron chi connectivity index (χ4n) is 2.10. The van der Waals surface area contributed by atoms with E-state index in [1.54, 1.807) is 0 Å². The van der Waals surface area contributed by atoms with E-state index >= 15 is 0 Å². The smallest absolute Gasteiger partial charge is 0.387 e. The Morgan fingerprint density at radius 1 is 1.06 bits per heavy atom. The average Bonchev–Trinajstić information content (AvgIpc) is 2.83. The van der Waals surface area contributed by atoms with Crippen LogP contribution in [0.1, 0.15) is 8.97 Å². The first-order valence-corrected chi connectivity index (χ1v) is 11.6. The Morgan fingerprint density at radius 2 is 1.61 bits per heavy atom. The van der Waals surface area contributed by atoms with Crippen molar-refractivity contribution in [3.05, 3.63) is 28.2 Å². The zero-order valence-electron chi connectivity index (χ0n) is 18.6. The lowest BCUT2D eigenvalue weighted by Crippen LogP contribution is -2.37. The molecule has 33 heavy (non-hydrogen) atoms. The average molecular weight is 553 g/mol. The third-order valence-electron chi connectivity index (χ3n) is 3.16. The van der Waals surface area contributed by atoms with Gasteiger partial charge in [0, 0.05) is 6.17 Å². The minimum Gasteiger partial charge on any atom is -0.387 e. The van der Waals surface area contributed by atoms with Gasteiger partial charge < -0.3 is 59.1 Å². The maximum Gasteiger partial charge on any atom is 0.490 e. The third kappa shape index (κ3) is 10.3. The van der Waals surface area contributed by atoms with Gasteiger partial charge in [0.25, 0.3) is 0 Å². The molecule has 0 radical (unpaired) electrons. The van der Waals surface area contributed by atoms with Gasteiger partial charge in [0.2, 0.25) is 0 Å². The number of nitrogens with zero attached hydrogens (tertiary/aromatic N) is 1. The van der Waals surface area contributed by atoms with E-state index in [4.69, 9.17) is 27.6 Å². The van der Waals surface area contributed by atoms with Gasteiger partial charge in [-0.05, 0) is 6.04 Å². The largest absolute Gasteiger partial charge is 0.490 e. The molecular formula is C9H28N7O14P3. The Morgan fingerprint density at radius 3 is 2.12 bits per heavy atom. The zero-order valence-corrected chi connectivity index (χ0v) is 19.3. The molecule has 1 aliphatic heterocycles. The summed E-state index contributed by atoms with van der Waals surface area (Å²) in [7, 11) is -16.9. The van der Waals surface area contributed by atoms with E-state index in [1.165, 1.54) is 0 Å². The minimum atomic E-state index is -5.77. The normalized spacial score (nSPS) is 26.6. The first-order chi connectivity index (χ1) is 13.9. The van der Waals surface area contributed by atoms with Crippen molar-refractivity contribution in [1.29, 1.82) is 5.41 Å². The molecule has 1 saturated heterocycles. The molecular weight excluding hydrogens is 523 g/mol. The van der Waals surface area contributed by atoms with Crippen molar-refractivity contribution in [2.24, 2.45) is 0 Å². The second-order valence-corrected chi connectivity index (χ2v) is 9.76. The summed E-state index contributed by atoms with van der Waals surface area (Å²) in [4.78, 5) is 49.2. The number of rotatable bonds is 8. The Bertz CT molecular complexity index is 1110. The van der Waals surface area contributed by atoms with Crippen molar-refractivity contribution in [3.63, 3.8) is 0 Å². The molecule has 2 unspecified atom stereocenters. The Balaban J connectivity index is -0.00000256. The van der Waals surface area contributed by atoms with Crippen molar-refractivity contribution < 1.29 is 64.1 Å². The van der Waals surface area contributed by atoms with Crippen molar-refractivity contribution in [1.82, 2.24) is 34.2 Å². The Hall–Kier alpha value is -1.19. The van der Waals surface area contributed by atoms with Crippen molar-refractivity contribution in [3.8, 4) is 0 Å². The summed E-state index contributed by atoms with van der Waals surface area (Å²) in [6.07, 6.45) is -8.20. The lowest BCUT2D eigenvalue weighted by molar-refractivity contribution is -0.0542. The molecule has 2 rings (SSSR count).